The van der Waals surface area contributed by atoms with Gasteiger partial charge in [0.25, 0.3) is 5.69 Å². The van der Waals surface area contributed by atoms with Crippen molar-refractivity contribution in [3.63, 3.8) is 0 Å². The third-order valence-electron chi connectivity index (χ3n) is 2.79. The lowest BCUT2D eigenvalue weighted by atomic mass is 10.3. The lowest BCUT2D eigenvalue weighted by molar-refractivity contribution is -0.388. The number of hydrogen-bond acceptors (Lipinski definition) is 5. The summed E-state index contributed by atoms with van der Waals surface area (Å²) in [5, 5.41) is 13.8. The van der Waals surface area contributed by atoms with Gasteiger partial charge in [0.1, 0.15) is 5.82 Å². The van der Waals surface area contributed by atoms with Crippen molar-refractivity contribution in [3.8, 4) is 0 Å². The summed E-state index contributed by atoms with van der Waals surface area (Å²) in [7, 11) is -4.03. The van der Waals surface area contributed by atoms with Crippen LogP contribution in [0.2, 0.25) is 0 Å². The zero-order valence-corrected chi connectivity index (χ0v) is 10.6. The molecule has 2 N–H and O–H groups in total. The van der Waals surface area contributed by atoms with E-state index in [0.717, 1.165) is 12.1 Å². The molecule has 104 valence electrons. The molecule has 1 aromatic rings. The molecule has 0 radical (unpaired) electrons. The number of nitrogens with zero attached hydrogens (tertiary/aromatic N) is 1. The van der Waals surface area contributed by atoms with Gasteiger partial charge in [-0.25, -0.2) is 17.5 Å². The Kier molecular flexibility index (Phi) is 3.78. The van der Waals surface area contributed by atoms with Gasteiger partial charge in [0.2, 0.25) is 10.0 Å². The van der Waals surface area contributed by atoms with Crippen LogP contribution in [0, 0.1) is 15.9 Å². The van der Waals surface area contributed by atoms with Gasteiger partial charge in [-0.3, -0.25) is 10.1 Å². The smallest absolute Gasteiger partial charge is 0.292 e. The number of halogens is 1. The average molecular weight is 289 g/mol. The molecule has 0 unspecified atom stereocenters. The van der Waals surface area contributed by atoms with Gasteiger partial charge < -0.3 is 5.32 Å². The van der Waals surface area contributed by atoms with Crippen molar-refractivity contribution in [1.82, 2.24) is 10.0 Å². The third kappa shape index (κ3) is 3.06. The van der Waals surface area contributed by atoms with Gasteiger partial charge in [0.15, 0.2) is 4.90 Å². The number of rotatable bonds is 4. The van der Waals surface area contributed by atoms with Crippen molar-refractivity contribution in [2.24, 2.45) is 0 Å². The van der Waals surface area contributed by atoms with E-state index in [2.05, 4.69) is 10.0 Å². The molecule has 0 bridgehead atoms. The lowest BCUT2D eigenvalue weighted by Gasteiger charge is -2.12. The quantitative estimate of drug-likeness (QED) is 0.616. The maximum atomic E-state index is 13.0. The molecular weight excluding hydrogens is 277 g/mol. The summed E-state index contributed by atoms with van der Waals surface area (Å²) < 4.78 is 39.5. The Balaban J connectivity index is 2.36. The van der Waals surface area contributed by atoms with Gasteiger partial charge in [-0.05, 0) is 25.1 Å². The van der Waals surface area contributed by atoms with Crippen LogP contribution in [-0.4, -0.2) is 32.5 Å². The molecule has 1 heterocycles. The highest BCUT2D eigenvalue weighted by molar-refractivity contribution is 7.89. The first-order chi connectivity index (χ1) is 8.90. The van der Waals surface area contributed by atoms with Gasteiger partial charge in [-0.15, -0.1) is 0 Å². The minimum Gasteiger partial charge on any atom is -0.315 e. The normalized spacial score (nSPS) is 19.5. The summed E-state index contributed by atoms with van der Waals surface area (Å²) >= 11 is 0. The second-order valence-electron chi connectivity index (χ2n) is 4.18. The van der Waals surface area contributed by atoms with Crippen molar-refractivity contribution in [1.29, 1.82) is 0 Å². The second kappa shape index (κ2) is 5.19. The number of benzene rings is 1. The summed E-state index contributed by atoms with van der Waals surface area (Å²) in [6.45, 7) is 1.15. The van der Waals surface area contributed by atoms with E-state index in [9.17, 15) is 22.9 Å². The van der Waals surface area contributed by atoms with Crippen molar-refractivity contribution in [2.75, 3.05) is 13.1 Å². The molecule has 9 heteroatoms. The van der Waals surface area contributed by atoms with Crippen LogP contribution in [0.1, 0.15) is 6.42 Å². The fourth-order valence-corrected chi connectivity index (χ4v) is 3.32. The molecule has 0 aromatic heterocycles. The number of sulfonamides is 1. The van der Waals surface area contributed by atoms with E-state index in [1.165, 1.54) is 0 Å². The predicted octanol–water partition coefficient (Wildman–Crippen LogP) is 0.374. The van der Waals surface area contributed by atoms with Crippen LogP contribution in [-0.2, 0) is 10.0 Å². The van der Waals surface area contributed by atoms with Gasteiger partial charge in [-0.1, -0.05) is 0 Å². The maximum absolute atomic E-state index is 13.0. The van der Waals surface area contributed by atoms with Gasteiger partial charge >= 0.3 is 0 Å². The Labute approximate surface area is 109 Å². The maximum Gasteiger partial charge on any atom is 0.292 e. The van der Waals surface area contributed by atoms with Gasteiger partial charge in [0.05, 0.1) is 11.0 Å². The minimum absolute atomic E-state index is 0.311. The van der Waals surface area contributed by atoms with E-state index in [1.807, 2.05) is 0 Å². The van der Waals surface area contributed by atoms with E-state index in [-0.39, 0.29) is 6.04 Å². The molecule has 0 aliphatic carbocycles. The molecule has 1 saturated heterocycles. The van der Waals surface area contributed by atoms with E-state index >= 15 is 0 Å². The first kappa shape index (κ1) is 13.8. The summed E-state index contributed by atoms with van der Waals surface area (Å²) in [6.07, 6.45) is 0.605. The first-order valence-corrected chi connectivity index (χ1v) is 7.05. The summed E-state index contributed by atoms with van der Waals surface area (Å²) in [4.78, 5) is 9.36. The second-order valence-corrected chi connectivity index (χ2v) is 5.86. The molecule has 7 nitrogen and oxygen atoms in total. The zero-order valence-electron chi connectivity index (χ0n) is 9.80. The highest BCUT2D eigenvalue weighted by Crippen LogP contribution is 2.24. The van der Waals surface area contributed by atoms with Crippen molar-refractivity contribution >= 4 is 15.7 Å². The van der Waals surface area contributed by atoms with Crippen LogP contribution in [0.15, 0.2) is 23.1 Å². The Hall–Kier alpha value is -1.58. The van der Waals surface area contributed by atoms with Crippen LogP contribution < -0.4 is 10.0 Å². The number of nitrogens with one attached hydrogen (secondary N) is 2. The molecule has 2 rings (SSSR count). The molecule has 1 aromatic carbocycles. The van der Waals surface area contributed by atoms with E-state index < -0.39 is 31.3 Å². The molecule has 1 atom stereocenters. The molecule has 1 aliphatic heterocycles. The zero-order chi connectivity index (χ0) is 14.0. The van der Waals surface area contributed by atoms with Crippen LogP contribution in [0.25, 0.3) is 0 Å². The Morgan fingerprint density at radius 3 is 2.79 bits per heavy atom. The standard InChI is InChI=1S/C10H12FN3O4S/c11-7-1-2-10(9(5-7)14(15)16)19(17,18)13-8-3-4-12-6-8/h1-2,5,8,12-13H,3-4,6H2/t8-/m0/s1. The van der Waals surface area contributed by atoms with Crippen molar-refractivity contribution in [2.45, 2.75) is 17.4 Å². The van der Waals surface area contributed by atoms with Crippen LogP contribution in [0.3, 0.4) is 0 Å². The van der Waals surface area contributed by atoms with Crippen LogP contribution >= 0.6 is 0 Å². The van der Waals surface area contributed by atoms with Crippen LogP contribution in [0.4, 0.5) is 10.1 Å². The van der Waals surface area contributed by atoms with E-state index in [4.69, 9.17) is 0 Å². The Morgan fingerprint density at radius 1 is 1.47 bits per heavy atom. The highest BCUT2D eigenvalue weighted by Gasteiger charge is 2.29. The monoisotopic (exact) mass is 289 g/mol. The predicted molar refractivity (Wildman–Crippen MR) is 64.7 cm³/mol. The topological polar surface area (TPSA) is 101 Å². The molecular formula is C10H12FN3O4S. The van der Waals surface area contributed by atoms with E-state index in [0.29, 0.717) is 25.6 Å². The van der Waals surface area contributed by atoms with Crippen LogP contribution in [0.5, 0.6) is 0 Å². The lowest BCUT2D eigenvalue weighted by Crippen LogP contribution is -2.36. The minimum atomic E-state index is -4.03. The Morgan fingerprint density at radius 2 is 2.21 bits per heavy atom. The Bertz CT molecular complexity index is 599. The third-order valence-corrected chi connectivity index (χ3v) is 4.36. The summed E-state index contributed by atoms with van der Waals surface area (Å²) in [5.41, 5.74) is -0.765. The highest BCUT2D eigenvalue weighted by atomic mass is 32.2. The van der Waals surface area contributed by atoms with Gasteiger partial charge in [0, 0.05) is 12.6 Å². The van der Waals surface area contributed by atoms with Crippen molar-refractivity contribution < 1.29 is 17.7 Å². The number of hydrogen-bond donors (Lipinski definition) is 2. The summed E-state index contributed by atoms with van der Waals surface area (Å²) in [5.74, 6) is -0.854. The number of nitro benzene ring substituents is 1. The van der Waals surface area contributed by atoms with Gasteiger partial charge in [-0.2, -0.15) is 0 Å². The largest absolute Gasteiger partial charge is 0.315 e. The van der Waals surface area contributed by atoms with Crippen molar-refractivity contribution in [3.05, 3.63) is 34.1 Å². The molecule has 0 spiro atoms. The first-order valence-electron chi connectivity index (χ1n) is 5.57. The molecule has 1 aliphatic rings. The fourth-order valence-electron chi connectivity index (χ4n) is 1.90. The van der Waals surface area contributed by atoms with E-state index in [1.54, 1.807) is 0 Å². The SMILES string of the molecule is O=[N+]([O-])c1cc(F)ccc1S(=O)(=O)N[C@H]1CCNC1. The molecule has 1 fully saturated rings. The molecule has 0 amide bonds. The molecule has 19 heavy (non-hydrogen) atoms. The fraction of sp³-hybridized carbons (Fsp3) is 0.400. The summed E-state index contributed by atoms with van der Waals surface area (Å²) in [6, 6.07) is 2.07. The number of nitro groups is 1. The average Bonchev–Trinajstić information content (AvgIpc) is 2.80. The molecule has 0 saturated carbocycles.